The van der Waals surface area contributed by atoms with Crippen molar-refractivity contribution in [1.29, 1.82) is 0 Å². The molecule has 0 radical (unpaired) electrons. The van der Waals surface area contributed by atoms with Crippen molar-refractivity contribution in [2.75, 3.05) is 17.2 Å². The van der Waals surface area contributed by atoms with Gasteiger partial charge < -0.3 is 15.4 Å². The largest absolute Gasteiger partial charge is 0.482 e. The van der Waals surface area contributed by atoms with Crippen LogP contribution in [0.3, 0.4) is 0 Å². The normalized spacial score (nSPS) is 10.5. The zero-order chi connectivity index (χ0) is 20.8. The lowest BCUT2D eigenvalue weighted by molar-refractivity contribution is -0.118. The molecule has 3 aromatic carbocycles. The molecule has 0 heterocycles. The fourth-order valence-corrected chi connectivity index (χ4v) is 3.12. The summed E-state index contributed by atoms with van der Waals surface area (Å²) >= 11 is 18.3. The van der Waals surface area contributed by atoms with E-state index in [4.69, 9.17) is 39.5 Å². The first-order valence-corrected chi connectivity index (χ1v) is 10.0. The van der Waals surface area contributed by atoms with Gasteiger partial charge in [0.1, 0.15) is 5.75 Å². The number of nitrogens with one attached hydrogen (secondary N) is 2. The topological polar surface area (TPSA) is 50.4 Å². The lowest BCUT2D eigenvalue weighted by atomic mass is 10.2. The second kappa shape index (κ2) is 9.88. The quantitative estimate of drug-likeness (QED) is 0.428. The Morgan fingerprint density at radius 1 is 0.897 bits per heavy atom. The molecule has 1 amide bonds. The Bertz CT molecular complexity index is 1010. The van der Waals surface area contributed by atoms with Crippen LogP contribution in [-0.2, 0) is 11.3 Å². The van der Waals surface area contributed by atoms with E-state index in [1.54, 1.807) is 36.4 Å². The molecule has 4 nitrogen and oxygen atoms in total. The van der Waals surface area contributed by atoms with E-state index in [1.807, 2.05) is 31.2 Å². The van der Waals surface area contributed by atoms with Gasteiger partial charge in [-0.25, -0.2) is 0 Å². The predicted octanol–water partition coefficient (Wildman–Crippen LogP) is 6.58. The summed E-state index contributed by atoms with van der Waals surface area (Å²) in [6, 6.07) is 18.1. The molecule has 0 spiro atoms. The molecule has 0 aliphatic heterocycles. The van der Waals surface area contributed by atoms with Gasteiger partial charge in [0.2, 0.25) is 0 Å². The van der Waals surface area contributed by atoms with Gasteiger partial charge >= 0.3 is 0 Å². The first-order valence-electron chi connectivity index (χ1n) is 8.87. The Labute approximate surface area is 184 Å². The number of carbonyl (C=O) groups excluding carboxylic acids is 1. The monoisotopic (exact) mass is 448 g/mol. The van der Waals surface area contributed by atoms with Crippen molar-refractivity contribution < 1.29 is 9.53 Å². The van der Waals surface area contributed by atoms with Crippen LogP contribution in [0.15, 0.2) is 60.7 Å². The van der Waals surface area contributed by atoms with Crippen molar-refractivity contribution >= 4 is 52.1 Å². The van der Waals surface area contributed by atoms with Crippen LogP contribution in [0.5, 0.6) is 5.75 Å². The van der Waals surface area contributed by atoms with Gasteiger partial charge in [-0.05, 0) is 66.6 Å². The lowest BCUT2D eigenvalue weighted by Crippen LogP contribution is -2.20. The van der Waals surface area contributed by atoms with Gasteiger partial charge in [0.05, 0.1) is 5.02 Å². The molecular weight excluding hydrogens is 431 g/mol. The van der Waals surface area contributed by atoms with Gasteiger partial charge in [0.25, 0.3) is 5.91 Å². The van der Waals surface area contributed by atoms with Crippen molar-refractivity contribution in [3.05, 3.63) is 86.9 Å². The molecule has 150 valence electrons. The number of amides is 1. The molecule has 0 saturated heterocycles. The van der Waals surface area contributed by atoms with Crippen molar-refractivity contribution in [2.24, 2.45) is 0 Å². The van der Waals surface area contributed by atoms with E-state index in [2.05, 4.69) is 10.6 Å². The van der Waals surface area contributed by atoms with Gasteiger partial charge in [-0.1, -0.05) is 46.9 Å². The minimum atomic E-state index is -0.287. The molecule has 0 aromatic heterocycles. The smallest absolute Gasteiger partial charge is 0.262 e. The number of halogens is 3. The van der Waals surface area contributed by atoms with E-state index >= 15 is 0 Å². The summed E-state index contributed by atoms with van der Waals surface area (Å²) in [6.07, 6.45) is 0. The Hall–Kier alpha value is -2.40. The summed E-state index contributed by atoms with van der Waals surface area (Å²) in [4.78, 5) is 12.0. The predicted molar refractivity (Wildman–Crippen MR) is 121 cm³/mol. The van der Waals surface area contributed by atoms with Crippen LogP contribution in [0.25, 0.3) is 0 Å². The van der Waals surface area contributed by atoms with Crippen molar-refractivity contribution in [2.45, 2.75) is 13.5 Å². The lowest BCUT2D eigenvalue weighted by Gasteiger charge is -2.11. The van der Waals surface area contributed by atoms with Crippen LogP contribution in [0.4, 0.5) is 11.4 Å². The second-order valence-corrected chi connectivity index (χ2v) is 7.68. The van der Waals surface area contributed by atoms with E-state index in [0.717, 1.165) is 16.8 Å². The third kappa shape index (κ3) is 6.29. The Morgan fingerprint density at radius 2 is 1.62 bits per heavy atom. The third-order valence-electron chi connectivity index (χ3n) is 4.15. The molecule has 0 fully saturated rings. The van der Waals surface area contributed by atoms with Crippen LogP contribution >= 0.6 is 34.8 Å². The highest BCUT2D eigenvalue weighted by atomic mass is 35.5. The Balaban J connectivity index is 1.52. The molecule has 0 saturated carbocycles. The van der Waals surface area contributed by atoms with Gasteiger partial charge in [-0.15, -0.1) is 0 Å². The van der Waals surface area contributed by atoms with E-state index in [1.165, 1.54) is 0 Å². The maximum atomic E-state index is 12.0. The number of rotatable bonds is 7. The van der Waals surface area contributed by atoms with Crippen molar-refractivity contribution in [3.63, 3.8) is 0 Å². The van der Waals surface area contributed by atoms with Crippen molar-refractivity contribution in [3.8, 4) is 5.75 Å². The molecule has 0 aliphatic rings. The summed E-state index contributed by atoms with van der Waals surface area (Å²) in [5.74, 6) is 0.158. The zero-order valence-corrected chi connectivity index (χ0v) is 17.9. The van der Waals surface area contributed by atoms with Gasteiger partial charge in [-0.3, -0.25) is 4.79 Å². The molecule has 0 atom stereocenters. The third-order valence-corrected chi connectivity index (χ3v) is 5.11. The number of benzene rings is 3. The molecule has 3 aromatic rings. The van der Waals surface area contributed by atoms with Gasteiger partial charge in [0, 0.05) is 28.0 Å². The average molecular weight is 450 g/mol. The van der Waals surface area contributed by atoms with E-state index < -0.39 is 0 Å². The van der Waals surface area contributed by atoms with Crippen molar-refractivity contribution in [1.82, 2.24) is 0 Å². The van der Waals surface area contributed by atoms with Crippen LogP contribution in [-0.4, -0.2) is 12.5 Å². The summed E-state index contributed by atoms with van der Waals surface area (Å²) < 4.78 is 5.53. The Kier molecular flexibility index (Phi) is 7.26. The maximum Gasteiger partial charge on any atom is 0.262 e. The first-order chi connectivity index (χ1) is 13.9. The standard InChI is InChI=1S/C22H19Cl3N2O2/c1-14-2-6-18(11-19(14)24)26-12-15-3-9-21(20(25)10-15)29-13-22(28)27-17-7-4-16(23)5-8-17/h2-11,26H,12-13H2,1H3,(H,27,28). The summed E-state index contributed by atoms with van der Waals surface area (Å²) in [6.45, 7) is 2.39. The molecule has 0 unspecified atom stereocenters. The number of aryl methyl sites for hydroxylation is 1. The molecule has 7 heteroatoms. The summed E-state index contributed by atoms with van der Waals surface area (Å²) in [7, 11) is 0. The second-order valence-electron chi connectivity index (χ2n) is 6.43. The van der Waals surface area contributed by atoms with Crippen LogP contribution in [0.2, 0.25) is 15.1 Å². The number of hydrogen-bond donors (Lipinski definition) is 2. The first kappa shape index (κ1) is 21.3. The molecule has 29 heavy (non-hydrogen) atoms. The van der Waals surface area contributed by atoms with Crippen LogP contribution in [0, 0.1) is 6.92 Å². The van der Waals surface area contributed by atoms with Gasteiger partial charge in [0.15, 0.2) is 6.61 Å². The van der Waals surface area contributed by atoms with E-state index in [-0.39, 0.29) is 12.5 Å². The fraction of sp³-hybridized carbons (Fsp3) is 0.136. The number of carbonyl (C=O) groups is 1. The Morgan fingerprint density at radius 3 is 2.31 bits per heavy atom. The molecule has 0 aliphatic carbocycles. The number of hydrogen-bond acceptors (Lipinski definition) is 3. The van der Waals surface area contributed by atoms with Crippen LogP contribution in [0.1, 0.15) is 11.1 Å². The van der Waals surface area contributed by atoms with E-state index in [0.29, 0.717) is 33.0 Å². The molecular formula is C22H19Cl3N2O2. The highest BCUT2D eigenvalue weighted by molar-refractivity contribution is 6.32. The van der Waals surface area contributed by atoms with Gasteiger partial charge in [-0.2, -0.15) is 0 Å². The molecule has 3 rings (SSSR count). The SMILES string of the molecule is Cc1ccc(NCc2ccc(OCC(=O)Nc3ccc(Cl)cc3)c(Cl)c2)cc1Cl. The van der Waals surface area contributed by atoms with E-state index in [9.17, 15) is 4.79 Å². The minimum absolute atomic E-state index is 0.151. The fourth-order valence-electron chi connectivity index (χ4n) is 2.55. The molecule has 2 N–H and O–H groups in total. The summed E-state index contributed by atoms with van der Waals surface area (Å²) in [5.41, 5.74) is 3.58. The number of ether oxygens (including phenoxy) is 1. The highest BCUT2D eigenvalue weighted by Gasteiger charge is 2.08. The zero-order valence-electron chi connectivity index (χ0n) is 15.6. The summed E-state index contributed by atoms with van der Waals surface area (Å²) in [5, 5.41) is 7.79. The minimum Gasteiger partial charge on any atom is -0.482 e. The van der Waals surface area contributed by atoms with Crippen LogP contribution < -0.4 is 15.4 Å². The average Bonchev–Trinajstić information content (AvgIpc) is 2.70. The number of anilines is 2. The maximum absolute atomic E-state index is 12.0. The highest BCUT2D eigenvalue weighted by Crippen LogP contribution is 2.26. The molecule has 0 bridgehead atoms.